The minimum Gasteiger partial charge on any atom is -0.370 e. The normalized spacial score (nSPS) is 11.0. The fourth-order valence-corrected chi connectivity index (χ4v) is 1.68. The summed E-state index contributed by atoms with van der Waals surface area (Å²) in [7, 11) is 0. The van der Waals surface area contributed by atoms with Gasteiger partial charge in [-0.25, -0.2) is 9.97 Å². The van der Waals surface area contributed by atoms with Gasteiger partial charge in [-0.3, -0.25) is 4.98 Å². The van der Waals surface area contributed by atoms with Crippen molar-refractivity contribution in [1.29, 1.82) is 0 Å². The Morgan fingerprint density at radius 2 is 2.00 bits per heavy atom. The van der Waals surface area contributed by atoms with Gasteiger partial charge in [-0.1, -0.05) is 13.8 Å². The molecule has 90 valence electrons. The Labute approximate surface area is 102 Å². The summed E-state index contributed by atoms with van der Waals surface area (Å²) in [6.07, 6.45) is 5.75. The van der Waals surface area contributed by atoms with Crippen LogP contribution in [0.1, 0.15) is 26.7 Å². The monoisotopic (exact) mass is 230 g/mol. The number of hydrogen-bond acceptors (Lipinski definition) is 4. The number of pyridine rings is 1. The van der Waals surface area contributed by atoms with Crippen LogP contribution in [0.2, 0.25) is 0 Å². The first kappa shape index (κ1) is 11.8. The van der Waals surface area contributed by atoms with Crippen molar-refractivity contribution in [3.05, 3.63) is 24.5 Å². The highest BCUT2D eigenvalue weighted by Gasteiger charge is 1.99. The average molecular weight is 230 g/mol. The molecule has 1 N–H and O–H groups in total. The third kappa shape index (κ3) is 3.37. The lowest BCUT2D eigenvalue weighted by molar-refractivity contribution is 0.567. The lowest BCUT2D eigenvalue weighted by Gasteiger charge is -2.07. The Kier molecular flexibility index (Phi) is 3.85. The number of aromatic nitrogens is 3. The zero-order valence-corrected chi connectivity index (χ0v) is 10.3. The van der Waals surface area contributed by atoms with E-state index in [-0.39, 0.29) is 0 Å². The minimum atomic E-state index is 0.696. The van der Waals surface area contributed by atoms with Gasteiger partial charge in [0, 0.05) is 18.9 Å². The van der Waals surface area contributed by atoms with Crippen LogP contribution in [-0.2, 0) is 0 Å². The van der Waals surface area contributed by atoms with Crippen molar-refractivity contribution >= 4 is 17.0 Å². The molecule has 0 radical (unpaired) electrons. The Bertz CT molecular complexity index is 482. The van der Waals surface area contributed by atoms with Crippen molar-refractivity contribution < 1.29 is 0 Å². The van der Waals surface area contributed by atoms with Gasteiger partial charge in [0.1, 0.15) is 11.3 Å². The molecule has 17 heavy (non-hydrogen) atoms. The summed E-state index contributed by atoms with van der Waals surface area (Å²) >= 11 is 0. The van der Waals surface area contributed by atoms with Crippen molar-refractivity contribution in [2.75, 3.05) is 11.9 Å². The van der Waals surface area contributed by atoms with Gasteiger partial charge in [0.15, 0.2) is 5.65 Å². The number of fused-ring (bicyclic) bond motifs is 1. The number of anilines is 1. The first-order valence-corrected chi connectivity index (χ1v) is 6.07. The van der Waals surface area contributed by atoms with E-state index < -0.39 is 0 Å². The molecule has 0 aliphatic heterocycles. The third-order valence-corrected chi connectivity index (χ3v) is 2.60. The second kappa shape index (κ2) is 5.57. The fraction of sp³-hybridized carbons (Fsp3) is 0.462. The number of rotatable bonds is 5. The van der Waals surface area contributed by atoms with E-state index in [0.717, 1.165) is 30.2 Å². The number of nitrogens with zero attached hydrogens (tertiary/aromatic N) is 3. The van der Waals surface area contributed by atoms with Crippen LogP contribution in [0.5, 0.6) is 0 Å². The molecule has 0 spiro atoms. The van der Waals surface area contributed by atoms with E-state index in [4.69, 9.17) is 0 Å². The lowest BCUT2D eigenvalue weighted by Crippen LogP contribution is -2.04. The number of nitrogens with one attached hydrogen (secondary N) is 1. The maximum absolute atomic E-state index is 4.41. The van der Waals surface area contributed by atoms with Gasteiger partial charge in [0.05, 0.1) is 0 Å². The van der Waals surface area contributed by atoms with E-state index in [1.165, 1.54) is 6.42 Å². The van der Waals surface area contributed by atoms with E-state index >= 15 is 0 Å². The quantitative estimate of drug-likeness (QED) is 0.802. The summed E-state index contributed by atoms with van der Waals surface area (Å²) < 4.78 is 0. The highest BCUT2D eigenvalue weighted by atomic mass is 15.0. The predicted molar refractivity (Wildman–Crippen MR) is 69.9 cm³/mol. The topological polar surface area (TPSA) is 50.7 Å². The van der Waals surface area contributed by atoms with Gasteiger partial charge < -0.3 is 5.32 Å². The first-order valence-electron chi connectivity index (χ1n) is 6.07. The van der Waals surface area contributed by atoms with Gasteiger partial charge in [0.25, 0.3) is 0 Å². The lowest BCUT2D eigenvalue weighted by atomic mass is 10.1. The Morgan fingerprint density at radius 3 is 2.82 bits per heavy atom. The zero-order chi connectivity index (χ0) is 12.1. The smallest absolute Gasteiger partial charge is 0.180 e. The second-order valence-electron chi connectivity index (χ2n) is 4.56. The Balaban J connectivity index is 1.95. The largest absolute Gasteiger partial charge is 0.370 e. The molecule has 0 aromatic carbocycles. The van der Waals surface area contributed by atoms with Gasteiger partial charge in [-0.2, -0.15) is 0 Å². The molecule has 0 aliphatic rings. The third-order valence-electron chi connectivity index (χ3n) is 2.60. The van der Waals surface area contributed by atoms with Crippen LogP contribution in [0.3, 0.4) is 0 Å². The van der Waals surface area contributed by atoms with E-state index in [2.05, 4.69) is 34.1 Å². The van der Waals surface area contributed by atoms with E-state index in [0.29, 0.717) is 5.65 Å². The number of hydrogen-bond donors (Lipinski definition) is 1. The van der Waals surface area contributed by atoms with Crippen molar-refractivity contribution in [3.63, 3.8) is 0 Å². The van der Waals surface area contributed by atoms with Crippen LogP contribution >= 0.6 is 0 Å². The summed E-state index contributed by atoms with van der Waals surface area (Å²) in [6.45, 7) is 5.44. The van der Waals surface area contributed by atoms with Crippen LogP contribution in [-0.4, -0.2) is 21.5 Å². The molecule has 2 rings (SSSR count). The zero-order valence-electron chi connectivity index (χ0n) is 10.3. The van der Waals surface area contributed by atoms with E-state index in [9.17, 15) is 0 Å². The van der Waals surface area contributed by atoms with Crippen molar-refractivity contribution in [2.45, 2.75) is 26.7 Å². The molecule has 0 bridgehead atoms. The molecule has 2 aromatic heterocycles. The van der Waals surface area contributed by atoms with Crippen LogP contribution in [0.25, 0.3) is 11.2 Å². The predicted octanol–water partition coefficient (Wildman–Crippen LogP) is 2.87. The van der Waals surface area contributed by atoms with Gasteiger partial charge in [-0.05, 0) is 30.9 Å². The van der Waals surface area contributed by atoms with Crippen molar-refractivity contribution in [1.82, 2.24) is 15.0 Å². The minimum absolute atomic E-state index is 0.696. The average Bonchev–Trinajstić information content (AvgIpc) is 2.34. The molecule has 2 heterocycles. The molecule has 0 saturated heterocycles. The highest BCUT2D eigenvalue weighted by Crippen LogP contribution is 2.10. The molecular formula is C13H18N4. The van der Waals surface area contributed by atoms with Crippen LogP contribution in [0.15, 0.2) is 24.5 Å². The van der Waals surface area contributed by atoms with Gasteiger partial charge in [0.2, 0.25) is 0 Å². The molecular weight excluding hydrogens is 212 g/mol. The molecule has 4 heteroatoms. The van der Waals surface area contributed by atoms with E-state index in [1.807, 2.05) is 12.1 Å². The highest BCUT2D eigenvalue weighted by molar-refractivity contribution is 5.71. The molecule has 2 aromatic rings. The maximum Gasteiger partial charge on any atom is 0.180 e. The summed E-state index contributed by atoms with van der Waals surface area (Å²) in [4.78, 5) is 12.8. The molecule has 0 saturated carbocycles. The summed E-state index contributed by atoms with van der Waals surface area (Å²) in [5, 5.41) is 3.31. The van der Waals surface area contributed by atoms with Crippen LogP contribution in [0, 0.1) is 5.92 Å². The molecule has 0 amide bonds. The molecule has 0 fully saturated rings. The fourth-order valence-electron chi connectivity index (χ4n) is 1.68. The van der Waals surface area contributed by atoms with E-state index in [1.54, 1.807) is 12.4 Å². The molecule has 0 unspecified atom stereocenters. The van der Waals surface area contributed by atoms with Crippen LogP contribution < -0.4 is 5.32 Å². The molecule has 0 aliphatic carbocycles. The first-order chi connectivity index (χ1) is 8.25. The van der Waals surface area contributed by atoms with Crippen molar-refractivity contribution in [2.24, 2.45) is 5.92 Å². The van der Waals surface area contributed by atoms with Gasteiger partial charge in [-0.15, -0.1) is 0 Å². The summed E-state index contributed by atoms with van der Waals surface area (Å²) in [5.74, 6) is 1.63. The standard InChI is InChI=1S/C13H18N4/c1-10(2)4-3-7-15-12-6-5-11-13(17-12)16-9-8-14-11/h5-6,8-10H,3-4,7H2,1-2H3,(H,15,16,17). The summed E-state index contributed by atoms with van der Waals surface area (Å²) in [6, 6.07) is 3.90. The molecule has 4 nitrogen and oxygen atoms in total. The molecule has 0 atom stereocenters. The Morgan fingerprint density at radius 1 is 1.18 bits per heavy atom. The summed E-state index contributed by atoms with van der Waals surface area (Å²) in [5.41, 5.74) is 1.53. The second-order valence-corrected chi connectivity index (χ2v) is 4.56. The Hall–Kier alpha value is -1.71. The van der Waals surface area contributed by atoms with Crippen LogP contribution in [0.4, 0.5) is 5.82 Å². The van der Waals surface area contributed by atoms with Crippen molar-refractivity contribution in [3.8, 4) is 0 Å². The SMILES string of the molecule is CC(C)CCCNc1ccc2nccnc2n1. The van der Waals surface area contributed by atoms with Gasteiger partial charge >= 0.3 is 0 Å². The maximum atomic E-state index is 4.41.